The number of hydrogen-bond donors (Lipinski definition) is 3. The third kappa shape index (κ3) is 4.79. The Balaban J connectivity index is 1.36. The van der Waals surface area contributed by atoms with Crippen molar-refractivity contribution in [1.29, 1.82) is 0 Å². The highest BCUT2D eigenvalue weighted by atomic mass is 16.6. The Kier molecular flexibility index (Phi) is 5.69. The fourth-order valence-electron chi connectivity index (χ4n) is 3.68. The molecule has 3 N–H and O–H groups in total. The second-order valence-corrected chi connectivity index (χ2v) is 8.03. The molecule has 9 heteroatoms. The van der Waals surface area contributed by atoms with Gasteiger partial charge in [-0.25, -0.2) is 14.5 Å². The molecule has 1 aliphatic rings. The van der Waals surface area contributed by atoms with E-state index in [-0.39, 0.29) is 24.2 Å². The van der Waals surface area contributed by atoms with E-state index in [1.807, 2.05) is 56.0 Å². The van der Waals surface area contributed by atoms with E-state index in [4.69, 9.17) is 4.74 Å². The van der Waals surface area contributed by atoms with E-state index in [9.17, 15) is 4.79 Å². The molecule has 0 bridgehead atoms. The van der Waals surface area contributed by atoms with E-state index in [0.29, 0.717) is 11.6 Å². The number of aromatic amines is 1. The number of anilines is 2. The van der Waals surface area contributed by atoms with Crippen LogP contribution in [0, 0.1) is 6.92 Å². The van der Waals surface area contributed by atoms with Crippen molar-refractivity contribution in [3.8, 4) is 5.69 Å². The molecule has 3 aromatic heterocycles. The van der Waals surface area contributed by atoms with Crippen molar-refractivity contribution >= 4 is 17.7 Å². The van der Waals surface area contributed by atoms with Crippen LogP contribution in [-0.4, -0.2) is 43.2 Å². The Bertz CT molecular complexity index is 1010. The van der Waals surface area contributed by atoms with E-state index in [2.05, 4.69) is 30.9 Å². The Morgan fingerprint density at radius 1 is 1.30 bits per heavy atom. The number of H-pyrrole nitrogens is 1. The molecule has 1 amide bonds. The number of nitrogens with one attached hydrogen (secondary N) is 3. The van der Waals surface area contributed by atoms with Gasteiger partial charge in [-0.2, -0.15) is 10.2 Å². The molecule has 1 aliphatic carbocycles. The molecule has 9 nitrogen and oxygen atoms in total. The highest BCUT2D eigenvalue weighted by molar-refractivity contribution is 5.67. The normalized spacial score (nSPS) is 18.5. The highest BCUT2D eigenvalue weighted by Crippen LogP contribution is 2.36. The van der Waals surface area contributed by atoms with Gasteiger partial charge in [-0.1, -0.05) is 0 Å². The highest BCUT2D eigenvalue weighted by Gasteiger charge is 2.30. The van der Waals surface area contributed by atoms with E-state index in [1.165, 1.54) is 0 Å². The standard InChI is InChI=1S/C21H27N7O2/c1-13(2)24-21(29)30-17-5-4-15(8-17)18-10-20(27-26-18)25-19-9-16(6-7-22-19)28-12-14(3)11-23-28/h6-7,9-13,15,17H,4-5,8H2,1-3H3,(H,24,29)(H2,22,25,26,27). The van der Waals surface area contributed by atoms with Crippen LogP contribution in [0.2, 0.25) is 0 Å². The lowest BCUT2D eigenvalue weighted by Gasteiger charge is -2.14. The fraction of sp³-hybridized carbons (Fsp3) is 0.429. The number of carbonyl (C=O) groups is 1. The molecule has 0 spiro atoms. The molecule has 1 saturated carbocycles. The zero-order valence-electron chi connectivity index (χ0n) is 17.4. The first-order valence-electron chi connectivity index (χ1n) is 10.2. The first-order chi connectivity index (χ1) is 14.5. The van der Waals surface area contributed by atoms with Gasteiger partial charge in [0.15, 0.2) is 5.82 Å². The molecule has 3 aromatic rings. The van der Waals surface area contributed by atoms with E-state index in [1.54, 1.807) is 6.20 Å². The van der Waals surface area contributed by atoms with Crippen molar-refractivity contribution in [2.24, 2.45) is 0 Å². The molecule has 2 unspecified atom stereocenters. The lowest BCUT2D eigenvalue weighted by molar-refractivity contribution is 0.0981. The number of carbonyl (C=O) groups excluding carboxylic acids is 1. The van der Waals surface area contributed by atoms with Crippen molar-refractivity contribution in [1.82, 2.24) is 30.3 Å². The van der Waals surface area contributed by atoms with Gasteiger partial charge in [0.2, 0.25) is 0 Å². The molecule has 158 valence electrons. The van der Waals surface area contributed by atoms with Gasteiger partial charge in [0, 0.05) is 42.2 Å². The van der Waals surface area contributed by atoms with E-state index in [0.717, 1.165) is 36.2 Å². The Morgan fingerprint density at radius 3 is 2.93 bits per heavy atom. The predicted octanol–water partition coefficient (Wildman–Crippen LogP) is 3.81. The first-order valence-corrected chi connectivity index (χ1v) is 10.2. The quantitative estimate of drug-likeness (QED) is 0.571. The Morgan fingerprint density at radius 2 is 2.17 bits per heavy atom. The van der Waals surface area contributed by atoms with Crippen LogP contribution in [0.5, 0.6) is 0 Å². The van der Waals surface area contributed by atoms with Crippen molar-refractivity contribution in [2.75, 3.05) is 5.32 Å². The number of hydrogen-bond acceptors (Lipinski definition) is 6. The van der Waals surface area contributed by atoms with Crippen LogP contribution in [-0.2, 0) is 4.74 Å². The average molecular weight is 409 g/mol. The number of ether oxygens (including phenoxy) is 1. The zero-order valence-corrected chi connectivity index (χ0v) is 17.4. The van der Waals surface area contributed by atoms with Gasteiger partial charge in [0.1, 0.15) is 11.9 Å². The SMILES string of the molecule is Cc1cnn(-c2ccnc(Nc3cc(C4CCC(OC(=O)NC(C)C)C4)[nH]n3)c2)c1. The monoisotopic (exact) mass is 409 g/mol. The first kappa shape index (κ1) is 19.9. The topological polar surface area (TPSA) is 110 Å². The largest absolute Gasteiger partial charge is 0.446 e. The molecule has 0 aliphatic heterocycles. The summed E-state index contributed by atoms with van der Waals surface area (Å²) in [7, 11) is 0. The lowest BCUT2D eigenvalue weighted by atomic mass is 10.0. The van der Waals surface area contributed by atoms with Gasteiger partial charge in [-0.05, 0) is 51.7 Å². The smallest absolute Gasteiger partial charge is 0.407 e. The summed E-state index contributed by atoms with van der Waals surface area (Å²) in [6.45, 7) is 5.83. The minimum atomic E-state index is -0.346. The molecule has 4 rings (SSSR count). The molecule has 0 saturated heterocycles. The van der Waals surface area contributed by atoms with Crippen molar-refractivity contribution in [3.05, 3.63) is 48.0 Å². The minimum absolute atomic E-state index is 0.0654. The summed E-state index contributed by atoms with van der Waals surface area (Å²) in [4.78, 5) is 16.2. The molecule has 0 radical (unpaired) electrons. The molecule has 30 heavy (non-hydrogen) atoms. The third-order valence-electron chi connectivity index (χ3n) is 5.08. The summed E-state index contributed by atoms with van der Waals surface area (Å²) in [5.74, 6) is 1.68. The van der Waals surface area contributed by atoms with Crippen molar-refractivity contribution < 1.29 is 9.53 Å². The lowest BCUT2D eigenvalue weighted by Crippen LogP contribution is -2.33. The second-order valence-electron chi connectivity index (χ2n) is 8.03. The fourth-order valence-corrected chi connectivity index (χ4v) is 3.68. The summed E-state index contributed by atoms with van der Waals surface area (Å²) in [6, 6.07) is 5.89. The number of aryl methyl sites for hydroxylation is 1. The number of pyridine rings is 1. The minimum Gasteiger partial charge on any atom is -0.446 e. The number of nitrogens with zero attached hydrogens (tertiary/aromatic N) is 4. The summed E-state index contributed by atoms with van der Waals surface area (Å²) < 4.78 is 7.33. The predicted molar refractivity (Wildman–Crippen MR) is 113 cm³/mol. The van der Waals surface area contributed by atoms with Crippen LogP contribution < -0.4 is 10.6 Å². The average Bonchev–Trinajstić information content (AvgIpc) is 3.42. The summed E-state index contributed by atoms with van der Waals surface area (Å²) in [5, 5.41) is 17.8. The Labute approximate surface area is 175 Å². The number of alkyl carbamates (subject to hydrolysis) is 1. The van der Waals surface area contributed by atoms with Gasteiger partial charge < -0.3 is 15.4 Å². The third-order valence-corrected chi connectivity index (χ3v) is 5.08. The van der Waals surface area contributed by atoms with Crippen LogP contribution in [0.1, 0.15) is 50.3 Å². The molecule has 3 heterocycles. The van der Waals surface area contributed by atoms with Crippen LogP contribution >= 0.6 is 0 Å². The molecule has 2 atom stereocenters. The van der Waals surface area contributed by atoms with Gasteiger partial charge in [-0.3, -0.25) is 5.10 Å². The van der Waals surface area contributed by atoms with Gasteiger partial charge in [0.05, 0.1) is 11.9 Å². The van der Waals surface area contributed by atoms with Crippen LogP contribution in [0.25, 0.3) is 5.69 Å². The van der Waals surface area contributed by atoms with Crippen LogP contribution in [0.3, 0.4) is 0 Å². The van der Waals surface area contributed by atoms with Gasteiger partial charge >= 0.3 is 6.09 Å². The van der Waals surface area contributed by atoms with E-state index >= 15 is 0 Å². The van der Waals surface area contributed by atoms with E-state index < -0.39 is 0 Å². The maximum Gasteiger partial charge on any atom is 0.407 e. The zero-order chi connectivity index (χ0) is 21.1. The molecular weight excluding hydrogens is 382 g/mol. The molecule has 1 fully saturated rings. The van der Waals surface area contributed by atoms with Crippen molar-refractivity contribution in [2.45, 2.75) is 58.1 Å². The van der Waals surface area contributed by atoms with Gasteiger partial charge in [0.25, 0.3) is 0 Å². The summed E-state index contributed by atoms with van der Waals surface area (Å²) in [6.07, 6.45) is 7.71. The summed E-state index contributed by atoms with van der Waals surface area (Å²) in [5.41, 5.74) is 3.05. The Hall–Kier alpha value is -3.36. The second kappa shape index (κ2) is 8.56. The van der Waals surface area contributed by atoms with Crippen LogP contribution in [0.15, 0.2) is 36.8 Å². The maximum absolute atomic E-state index is 11.8. The number of aromatic nitrogens is 5. The maximum atomic E-state index is 11.8. The van der Waals surface area contributed by atoms with Crippen LogP contribution in [0.4, 0.5) is 16.4 Å². The van der Waals surface area contributed by atoms with Crippen molar-refractivity contribution in [3.63, 3.8) is 0 Å². The molecular formula is C21H27N7O2. The number of amides is 1. The summed E-state index contributed by atoms with van der Waals surface area (Å²) >= 11 is 0. The number of rotatable bonds is 6. The van der Waals surface area contributed by atoms with Gasteiger partial charge in [-0.15, -0.1) is 0 Å². The molecule has 0 aromatic carbocycles.